The molecule has 0 amide bonds. The Bertz CT molecular complexity index is 1640. The Morgan fingerprint density at radius 3 is 2.09 bits per heavy atom. The van der Waals surface area contributed by atoms with Crippen LogP contribution in [0.2, 0.25) is 0 Å². The third-order valence-electron chi connectivity index (χ3n) is 6.81. The SMILES string of the molecule is CC(C)c1cccc(C(C)C)c1-n1c(-c2coc3cc4ccccc4cc23)nc2ccccc21. The molecule has 0 bridgehead atoms. The summed E-state index contributed by atoms with van der Waals surface area (Å²) in [5, 5.41) is 3.46. The molecule has 4 aromatic carbocycles. The number of fused-ring (bicyclic) bond motifs is 3. The topological polar surface area (TPSA) is 31.0 Å². The Morgan fingerprint density at radius 2 is 1.38 bits per heavy atom. The number of imidazole rings is 1. The molecule has 0 aliphatic carbocycles. The Labute approximate surface area is 199 Å². The van der Waals surface area contributed by atoms with Crippen LogP contribution in [0.5, 0.6) is 0 Å². The van der Waals surface area contributed by atoms with Gasteiger partial charge in [0.25, 0.3) is 0 Å². The number of furan rings is 1. The van der Waals surface area contributed by atoms with E-state index in [1.165, 1.54) is 27.6 Å². The second-order valence-electron chi connectivity index (χ2n) is 9.70. The molecule has 0 spiro atoms. The largest absolute Gasteiger partial charge is 0.464 e. The van der Waals surface area contributed by atoms with Gasteiger partial charge in [0, 0.05) is 5.39 Å². The minimum atomic E-state index is 0.382. The molecule has 3 nitrogen and oxygen atoms in total. The molecule has 2 heterocycles. The van der Waals surface area contributed by atoms with E-state index >= 15 is 0 Å². The van der Waals surface area contributed by atoms with Crippen molar-refractivity contribution in [3.63, 3.8) is 0 Å². The van der Waals surface area contributed by atoms with Crippen LogP contribution in [0.1, 0.15) is 50.7 Å². The predicted octanol–water partition coefficient (Wildman–Crippen LogP) is 8.84. The average Bonchev–Trinajstić information content (AvgIpc) is 3.42. The maximum atomic E-state index is 6.10. The molecule has 0 aliphatic heterocycles. The van der Waals surface area contributed by atoms with E-state index in [0.29, 0.717) is 11.8 Å². The normalized spacial score (nSPS) is 12.1. The van der Waals surface area contributed by atoms with Gasteiger partial charge in [-0.05, 0) is 58.0 Å². The number of benzene rings is 4. The molecule has 0 radical (unpaired) electrons. The maximum Gasteiger partial charge on any atom is 0.149 e. The van der Waals surface area contributed by atoms with Gasteiger partial charge in [-0.15, -0.1) is 0 Å². The molecule has 2 aromatic heterocycles. The molecule has 0 saturated heterocycles. The molecule has 34 heavy (non-hydrogen) atoms. The van der Waals surface area contributed by atoms with Crippen molar-refractivity contribution < 1.29 is 4.42 Å². The van der Waals surface area contributed by atoms with Gasteiger partial charge in [0.15, 0.2) is 0 Å². The summed E-state index contributed by atoms with van der Waals surface area (Å²) in [5.74, 6) is 1.69. The van der Waals surface area contributed by atoms with Crippen molar-refractivity contribution in [1.82, 2.24) is 9.55 Å². The summed E-state index contributed by atoms with van der Waals surface area (Å²) in [6.07, 6.45) is 1.87. The van der Waals surface area contributed by atoms with Crippen LogP contribution in [0.4, 0.5) is 0 Å². The summed E-state index contributed by atoms with van der Waals surface area (Å²) >= 11 is 0. The van der Waals surface area contributed by atoms with E-state index < -0.39 is 0 Å². The third kappa shape index (κ3) is 3.15. The first-order valence-electron chi connectivity index (χ1n) is 12.0. The highest BCUT2D eigenvalue weighted by Crippen LogP contribution is 2.40. The van der Waals surface area contributed by atoms with Crippen molar-refractivity contribution in [3.8, 4) is 17.1 Å². The predicted molar refractivity (Wildman–Crippen MR) is 142 cm³/mol. The van der Waals surface area contributed by atoms with Crippen molar-refractivity contribution in [2.24, 2.45) is 0 Å². The van der Waals surface area contributed by atoms with Crippen LogP contribution < -0.4 is 0 Å². The van der Waals surface area contributed by atoms with Crippen molar-refractivity contribution in [2.75, 3.05) is 0 Å². The minimum absolute atomic E-state index is 0.382. The van der Waals surface area contributed by atoms with Crippen LogP contribution in [-0.4, -0.2) is 9.55 Å². The van der Waals surface area contributed by atoms with Gasteiger partial charge in [0.05, 0.1) is 22.3 Å². The molecule has 168 valence electrons. The maximum absolute atomic E-state index is 6.10. The molecule has 0 aliphatic rings. The number of hydrogen-bond acceptors (Lipinski definition) is 2. The fraction of sp³-hybridized carbons (Fsp3) is 0.194. The summed E-state index contributed by atoms with van der Waals surface area (Å²) < 4.78 is 8.46. The van der Waals surface area contributed by atoms with Crippen molar-refractivity contribution in [3.05, 3.63) is 96.3 Å². The van der Waals surface area contributed by atoms with Gasteiger partial charge in [-0.3, -0.25) is 4.57 Å². The summed E-state index contributed by atoms with van der Waals surface area (Å²) in [5.41, 5.74) is 7.90. The molecular weight excluding hydrogens is 416 g/mol. The first kappa shape index (κ1) is 20.7. The number of nitrogens with zero attached hydrogens (tertiary/aromatic N) is 2. The Kier molecular flexibility index (Phi) is 4.80. The second-order valence-corrected chi connectivity index (χ2v) is 9.70. The number of hydrogen-bond donors (Lipinski definition) is 0. The van der Waals surface area contributed by atoms with E-state index in [9.17, 15) is 0 Å². The van der Waals surface area contributed by atoms with Gasteiger partial charge >= 0.3 is 0 Å². The smallest absolute Gasteiger partial charge is 0.149 e. The second kappa shape index (κ2) is 7.88. The quantitative estimate of drug-likeness (QED) is 0.272. The van der Waals surface area contributed by atoms with Crippen LogP contribution in [0, 0.1) is 0 Å². The minimum Gasteiger partial charge on any atom is -0.464 e. The lowest BCUT2D eigenvalue weighted by atomic mass is 9.92. The van der Waals surface area contributed by atoms with Crippen LogP contribution in [0.3, 0.4) is 0 Å². The molecule has 3 heteroatoms. The molecule has 0 fully saturated rings. The van der Waals surface area contributed by atoms with E-state index in [1.54, 1.807) is 0 Å². The standard InChI is InChI=1S/C31H28N2O/c1-19(2)23-12-9-13-24(20(3)4)30(23)33-28-15-8-7-14-27(28)32-31(33)26-18-34-29-17-22-11-6-5-10-21(22)16-25(26)29/h5-20H,1-4H3. The van der Waals surface area contributed by atoms with E-state index in [-0.39, 0.29) is 0 Å². The molecule has 0 unspecified atom stereocenters. The number of para-hydroxylation sites is 3. The van der Waals surface area contributed by atoms with Crippen LogP contribution in [0.25, 0.3) is 49.9 Å². The lowest BCUT2D eigenvalue weighted by Gasteiger charge is -2.22. The molecular formula is C31H28N2O. The molecule has 6 aromatic rings. The van der Waals surface area contributed by atoms with E-state index in [0.717, 1.165) is 33.4 Å². The summed E-state index contributed by atoms with van der Waals surface area (Å²) in [6, 6.07) is 27.9. The fourth-order valence-electron chi connectivity index (χ4n) is 5.09. The zero-order valence-electron chi connectivity index (χ0n) is 20.0. The van der Waals surface area contributed by atoms with Crippen LogP contribution in [0.15, 0.2) is 89.5 Å². The van der Waals surface area contributed by atoms with Gasteiger partial charge < -0.3 is 4.42 Å². The first-order chi connectivity index (χ1) is 16.5. The molecule has 0 saturated carbocycles. The lowest BCUT2D eigenvalue weighted by molar-refractivity contribution is 0.617. The van der Waals surface area contributed by atoms with Gasteiger partial charge in [-0.2, -0.15) is 0 Å². The van der Waals surface area contributed by atoms with Crippen LogP contribution in [-0.2, 0) is 0 Å². The monoisotopic (exact) mass is 444 g/mol. The van der Waals surface area contributed by atoms with Crippen molar-refractivity contribution >= 4 is 32.8 Å². The summed E-state index contributed by atoms with van der Waals surface area (Å²) in [4.78, 5) is 5.17. The lowest BCUT2D eigenvalue weighted by Crippen LogP contribution is -2.08. The highest BCUT2D eigenvalue weighted by atomic mass is 16.3. The van der Waals surface area contributed by atoms with Gasteiger partial charge in [0.1, 0.15) is 17.7 Å². The van der Waals surface area contributed by atoms with Crippen molar-refractivity contribution in [1.29, 1.82) is 0 Å². The van der Waals surface area contributed by atoms with E-state index in [2.05, 4.69) is 111 Å². The average molecular weight is 445 g/mol. The Morgan fingerprint density at radius 1 is 0.735 bits per heavy atom. The zero-order chi connectivity index (χ0) is 23.4. The number of aromatic nitrogens is 2. The summed E-state index contributed by atoms with van der Waals surface area (Å²) in [6.45, 7) is 9.06. The summed E-state index contributed by atoms with van der Waals surface area (Å²) in [7, 11) is 0. The fourth-order valence-corrected chi connectivity index (χ4v) is 5.09. The van der Waals surface area contributed by atoms with Gasteiger partial charge in [0.2, 0.25) is 0 Å². The molecule has 6 rings (SSSR count). The Hall–Kier alpha value is -3.85. The van der Waals surface area contributed by atoms with Gasteiger partial charge in [-0.1, -0.05) is 82.3 Å². The van der Waals surface area contributed by atoms with E-state index in [1.807, 2.05) is 6.26 Å². The van der Waals surface area contributed by atoms with Crippen LogP contribution >= 0.6 is 0 Å². The van der Waals surface area contributed by atoms with E-state index in [4.69, 9.17) is 9.40 Å². The number of rotatable bonds is 4. The highest BCUT2D eigenvalue weighted by molar-refractivity contribution is 6.03. The Balaban J connectivity index is 1.73. The molecule has 0 N–H and O–H groups in total. The van der Waals surface area contributed by atoms with Crippen molar-refractivity contribution in [2.45, 2.75) is 39.5 Å². The zero-order valence-corrected chi connectivity index (χ0v) is 20.0. The highest BCUT2D eigenvalue weighted by Gasteiger charge is 2.23. The first-order valence-corrected chi connectivity index (χ1v) is 12.0. The molecule has 0 atom stereocenters. The van der Waals surface area contributed by atoms with Gasteiger partial charge in [-0.25, -0.2) is 4.98 Å². The third-order valence-corrected chi connectivity index (χ3v) is 6.81.